The van der Waals surface area contributed by atoms with Gasteiger partial charge in [-0.15, -0.1) is 11.3 Å². The van der Waals surface area contributed by atoms with E-state index in [1.165, 1.54) is 16.0 Å². The Morgan fingerprint density at radius 3 is 2.62 bits per heavy atom. The third-order valence-corrected chi connectivity index (χ3v) is 5.35. The number of thiophene rings is 1. The van der Waals surface area contributed by atoms with Crippen molar-refractivity contribution in [3.05, 3.63) is 68.4 Å². The zero-order chi connectivity index (χ0) is 17.1. The Balaban J connectivity index is 1.70. The maximum atomic E-state index is 5.55. The second-order valence-corrected chi connectivity index (χ2v) is 7.55. The van der Waals surface area contributed by atoms with Crippen LogP contribution in [0, 0.1) is 11.7 Å². The van der Waals surface area contributed by atoms with Gasteiger partial charge < -0.3 is 4.57 Å². The van der Waals surface area contributed by atoms with Crippen LogP contribution in [0.4, 0.5) is 0 Å². The Kier molecular flexibility index (Phi) is 5.28. The van der Waals surface area contributed by atoms with Crippen LogP contribution in [-0.4, -0.2) is 26.3 Å². The van der Waals surface area contributed by atoms with E-state index >= 15 is 0 Å². The minimum atomic E-state index is 0.686. The number of aromatic nitrogens is 3. The SMILES string of the molecule is Cc1ccc(CN(C)Cn2nc(Cc3cccs3)n(C)c2=S)cc1. The van der Waals surface area contributed by atoms with Crippen molar-refractivity contribution >= 4 is 23.6 Å². The molecule has 0 bridgehead atoms. The number of hydrogen-bond acceptors (Lipinski definition) is 4. The fraction of sp³-hybridized carbons (Fsp3) is 0.333. The van der Waals surface area contributed by atoms with Gasteiger partial charge in [0, 0.05) is 24.9 Å². The summed E-state index contributed by atoms with van der Waals surface area (Å²) in [6, 6.07) is 12.8. The molecule has 0 N–H and O–H groups in total. The van der Waals surface area contributed by atoms with Crippen LogP contribution >= 0.6 is 23.6 Å². The van der Waals surface area contributed by atoms with E-state index in [-0.39, 0.29) is 0 Å². The minimum Gasteiger partial charge on any atom is -0.307 e. The van der Waals surface area contributed by atoms with E-state index in [1.54, 1.807) is 11.3 Å². The zero-order valence-corrected chi connectivity index (χ0v) is 15.9. The van der Waals surface area contributed by atoms with Crippen LogP contribution in [0.25, 0.3) is 0 Å². The fourth-order valence-corrected chi connectivity index (χ4v) is 3.54. The Labute approximate surface area is 152 Å². The lowest BCUT2D eigenvalue weighted by Crippen LogP contribution is -2.22. The number of benzene rings is 1. The molecule has 0 fully saturated rings. The second kappa shape index (κ2) is 7.42. The average Bonchev–Trinajstić information content (AvgIpc) is 3.15. The van der Waals surface area contributed by atoms with E-state index < -0.39 is 0 Å². The summed E-state index contributed by atoms with van der Waals surface area (Å²) >= 11 is 7.30. The number of aryl methyl sites for hydroxylation is 1. The molecule has 0 spiro atoms. The summed E-state index contributed by atoms with van der Waals surface area (Å²) < 4.78 is 4.68. The van der Waals surface area contributed by atoms with Gasteiger partial charge in [0.25, 0.3) is 0 Å². The van der Waals surface area contributed by atoms with Gasteiger partial charge in [0.2, 0.25) is 0 Å². The van der Waals surface area contributed by atoms with Crippen molar-refractivity contribution in [3.8, 4) is 0 Å². The molecule has 3 rings (SSSR count). The van der Waals surface area contributed by atoms with Gasteiger partial charge in [-0.3, -0.25) is 4.90 Å². The van der Waals surface area contributed by atoms with Gasteiger partial charge in [0.1, 0.15) is 5.82 Å². The van der Waals surface area contributed by atoms with Crippen LogP contribution in [0.3, 0.4) is 0 Å². The fourth-order valence-electron chi connectivity index (χ4n) is 2.63. The summed E-state index contributed by atoms with van der Waals surface area (Å²) in [5, 5.41) is 6.81. The topological polar surface area (TPSA) is 26.0 Å². The van der Waals surface area contributed by atoms with Gasteiger partial charge in [-0.1, -0.05) is 35.9 Å². The van der Waals surface area contributed by atoms with E-state index in [1.807, 2.05) is 16.3 Å². The summed E-state index contributed by atoms with van der Waals surface area (Å²) in [5.74, 6) is 1.01. The summed E-state index contributed by atoms with van der Waals surface area (Å²) in [6.45, 7) is 3.67. The molecule has 6 heteroatoms. The van der Waals surface area contributed by atoms with Gasteiger partial charge in [-0.2, -0.15) is 5.10 Å². The highest BCUT2D eigenvalue weighted by Gasteiger charge is 2.11. The lowest BCUT2D eigenvalue weighted by molar-refractivity contribution is 0.243. The predicted octanol–water partition coefficient (Wildman–Crippen LogP) is 4.00. The first kappa shape index (κ1) is 17.1. The molecule has 1 aromatic carbocycles. The van der Waals surface area contributed by atoms with Crippen molar-refractivity contribution in [1.29, 1.82) is 0 Å². The molecule has 2 heterocycles. The molecule has 0 atom stereocenters. The Morgan fingerprint density at radius 1 is 1.21 bits per heavy atom. The van der Waals surface area contributed by atoms with Gasteiger partial charge >= 0.3 is 0 Å². The van der Waals surface area contributed by atoms with Crippen LogP contribution < -0.4 is 0 Å². The molecule has 0 saturated carbocycles. The molecule has 0 saturated heterocycles. The van der Waals surface area contributed by atoms with Crippen LogP contribution in [0.2, 0.25) is 0 Å². The molecule has 0 amide bonds. The second-order valence-electron chi connectivity index (χ2n) is 6.15. The van der Waals surface area contributed by atoms with Crippen molar-refractivity contribution in [3.63, 3.8) is 0 Å². The molecular weight excluding hydrogens is 336 g/mol. The largest absolute Gasteiger partial charge is 0.307 e. The minimum absolute atomic E-state index is 0.686. The van der Waals surface area contributed by atoms with Crippen molar-refractivity contribution in [1.82, 2.24) is 19.2 Å². The first-order valence-electron chi connectivity index (χ1n) is 7.92. The van der Waals surface area contributed by atoms with Crippen molar-refractivity contribution < 1.29 is 0 Å². The van der Waals surface area contributed by atoms with E-state index in [0.717, 1.165) is 23.6 Å². The summed E-state index contributed by atoms with van der Waals surface area (Å²) in [6.07, 6.45) is 0.826. The molecule has 2 aromatic heterocycles. The quantitative estimate of drug-likeness (QED) is 0.623. The number of nitrogens with zero attached hydrogens (tertiary/aromatic N) is 4. The lowest BCUT2D eigenvalue weighted by atomic mass is 10.1. The monoisotopic (exact) mass is 358 g/mol. The highest BCUT2D eigenvalue weighted by Crippen LogP contribution is 2.14. The average molecular weight is 359 g/mol. The maximum Gasteiger partial charge on any atom is 0.198 e. The molecule has 0 radical (unpaired) electrons. The normalized spacial score (nSPS) is 11.3. The van der Waals surface area contributed by atoms with Crippen LogP contribution in [0.15, 0.2) is 41.8 Å². The first-order valence-corrected chi connectivity index (χ1v) is 9.21. The third-order valence-electron chi connectivity index (χ3n) is 3.99. The third kappa shape index (κ3) is 4.01. The van der Waals surface area contributed by atoms with Gasteiger partial charge in [-0.25, -0.2) is 4.68 Å². The highest BCUT2D eigenvalue weighted by molar-refractivity contribution is 7.71. The van der Waals surface area contributed by atoms with E-state index in [2.05, 4.69) is 60.6 Å². The van der Waals surface area contributed by atoms with E-state index in [0.29, 0.717) is 6.67 Å². The zero-order valence-electron chi connectivity index (χ0n) is 14.3. The summed E-state index contributed by atoms with van der Waals surface area (Å²) in [7, 11) is 4.09. The molecule has 24 heavy (non-hydrogen) atoms. The van der Waals surface area contributed by atoms with Gasteiger partial charge in [0.05, 0.1) is 6.67 Å². The molecule has 0 aliphatic carbocycles. The van der Waals surface area contributed by atoms with Gasteiger partial charge in [0.15, 0.2) is 4.77 Å². The maximum absolute atomic E-state index is 5.55. The highest BCUT2D eigenvalue weighted by atomic mass is 32.1. The molecular formula is C18H22N4S2. The lowest BCUT2D eigenvalue weighted by Gasteiger charge is -2.16. The molecule has 3 aromatic rings. The Hall–Kier alpha value is -1.76. The first-order chi connectivity index (χ1) is 11.5. The molecule has 0 aliphatic rings. The van der Waals surface area contributed by atoms with E-state index in [9.17, 15) is 0 Å². The summed E-state index contributed by atoms with van der Waals surface area (Å²) in [4.78, 5) is 3.53. The molecule has 0 unspecified atom stereocenters. The van der Waals surface area contributed by atoms with E-state index in [4.69, 9.17) is 17.3 Å². The smallest absolute Gasteiger partial charge is 0.198 e. The Morgan fingerprint density at radius 2 is 1.96 bits per heavy atom. The van der Waals surface area contributed by atoms with Crippen molar-refractivity contribution in [2.45, 2.75) is 26.6 Å². The predicted molar refractivity (Wildman–Crippen MR) is 102 cm³/mol. The number of rotatable bonds is 6. The number of hydrogen-bond donors (Lipinski definition) is 0. The Bertz CT molecular complexity index is 844. The van der Waals surface area contributed by atoms with Crippen molar-refractivity contribution in [2.24, 2.45) is 7.05 Å². The molecule has 126 valence electrons. The van der Waals surface area contributed by atoms with Crippen LogP contribution in [0.5, 0.6) is 0 Å². The van der Waals surface area contributed by atoms with Crippen molar-refractivity contribution in [2.75, 3.05) is 7.05 Å². The summed E-state index contributed by atoms with van der Waals surface area (Å²) in [5.41, 5.74) is 2.58. The standard InChI is InChI=1S/C18H22N4S2/c1-14-6-8-15(9-7-14)12-20(2)13-22-18(23)21(3)17(19-22)11-16-5-4-10-24-16/h4-10H,11-13H2,1-3H3. The molecule has 4 nitrogen and oxygen atoms in total. The van der Waals surface area contributed by atoms with Crippen LogP contribution in [0.1, 0.15) is 21.8 Å². The van der Waals surface area contributed by atoms with Crippen LogP contribution in [-0.2, 0) is 26.7 Å². The van der Waals surface area contributed by atoms with Gasteiger partial charge in [-0.05, 0) is 43.2 Å². The molecule has 0 aliphatic heterocycles.